The van der Waals surface area contributed by atoms with Gasteiger partial charge in [0.25, 0.3) is 0 Å². The lowest BCUT2D eigenvalue weighted by molar-refractivity contribution is 1.07. The van der Waals surface area contributed by atoms with E-state index in [0.717, 1.165) is 50.1 Å². The van der Waals surface area contributed by atoms with Crippen molar-refractivity contribution in [2.24, 2.45) is 0 Å². The third-order valence-corrected chi connectivity index (χ3v) is 8.57. The molecule has 0 bridgehead atoms. The summed E-state index contributed by atoms with van der Waals surface area (Å²) in [4.78, 5) is 18.3. The molecule has 224 valence electrons. The number of benzene rings is 7. The number of para-hydroxylation sites is 1. The molecule has 0 aliphatic rings. The van der Waals surface area contributed by atoms with E-state index >= 15 is 0 Å². The zero-order chi connectivity index (χ0) is 32.3. The van der Waals surface area contributed by atoms with Gasteiger partial charge in [-0.1, -0.05) is 158 Å². The highest BCUT2D eigenvalue weighted by atomic mass is 15.0. The number of fused-ring (bicyclic) bond motifs is 1. The van der Waals surface area contributed by atoms with Crippen LogP contribution in [0.4, 0.5) is 5.69 Å². The Morgan fingerprint density at radius 1 is 0.354 bits per heavy atom. The maximum Gasteiger partial charge on any atom is 0.194 e. The summed E-state index contributed by atoms with van der Waals surface area (Å²) in [5.41, 5.74) is 9.98. The fourth-order valence-corrected chi connectivity index (χ4v) is 6.11. The number of rotatable bonds is 6. The van der Waals surface area contributed by atoms with E-state index in [-0.39, 0.29) is 0 Å². The Kier molecular flexibility index (Phi) is 7.54. The van der Waals surface area contributed by atoms with Crippen molar-refractivity contribution in [3.63, 3.8) is 0 Å². The molecule has 0 radical (unpaired) electrons. The van der Waals surface area contributed by atoms with Gasteiger partial charge in [0.15, 0.2) is 23.2 Å². The molecule has 7 aromatic carbocycles. The molecule has 0 atom stereocenters. The zero-order valence-electron chi connectivity index (χ0n) is 26.0. The van der Waals surface area contributed by atoms with Gasteiger partial charge in [-0.2, -0.15) is 0 Å². The van der Waals surface area contributed by atoms with Gasteiger partial charge in [0.2, 0.25) is 0 Å². The standard InChI is InChI=1S/C44H28N4/c1-45-41-19-11-10-18-39(41)31-22-24-32(25-23-31)40-29-37(28-36-16-8-9-17-38(36)40)30-20-26-35(27-21-30)44-47-42(33-12-4-2-5-13-33)46-43(48-44)34-14-6-3-7-15-34/h2-29H. The molecule has 1 heterocycles. The van der Waals surface area contributed by atoms with Crippen LogP contribution in [-0.2, 0) is 0 Å². The molecular weight excluding hydrogens is 585 g/mol. The van der Waals surface area contributed by atoms with Crippen LogP contribution in [0.15, 0.2) is 170 Å². The second-order valence-corrected chi connectivity index (χ2v) is 11.6. The molecule has 4 nitrogen and oxygen atoms in total. The van der Waals surface area contributed by atoms with Gasteiger partial charge in [0, 0.05) is 16.7 Å². The minimum absolute atomic E-state index is 0.633. The van der Waals surface area contributed by atoms with Crippen molar-refractivity contribution in [2.45, 2.75) is 0 Å². The number of nitrogens with zero attached hydrogens (tertiary/aromatic N) is 4. The van der Waals surface area contributed by atoms with Gasteiger partial charge in [0.1, 0.15) is 0 Å². The van der Waals surface area contributed by atoms with Gasteiger partial charge in [0.05, 0.1) is 6.57 Å². The largest absolute Gasteiger partial charge is 0.238 e. The Labute approximate surface area is 279 Å². The Hall–Kier alpha value is -6.70. The molecular formula is C44H28N4. The second kappa shape index (κ2) is 12.6. The van der Waals surface area contributed by atoms with Gasteiger partial charge in [-0.25, -0.2) is 19.8 Å². The van der Waals surface area contributed by atoms with Crippen molar-refractivity contribution in [1.82, 2.24) is 15.0 Å². The average Bonchev–Trinajstić information content (AvgIpc) is 3.18. The van der Waals surface area contributed by atoms with E-state index in [2.05, 4.69) is 89.8 Å². The monoisotopic (exact) mass is 612 g/mol. The first-order chi connectivity index (χ1) is 23.7. The van der Waals surface area contributed by atoms with Gasteiger partial charge in [-0.15, -0.1) is 0 Å². The van der Waals surface area contributed by atoms with Crippen molar-refractivity contribution in [3.05, 3.63) is 181 Å². The fourth-order valence-electron chi connectivity index (χ4n) is 6.11. The van der Waals surface area contributed by atoms with E-state index < -0.39 is 0 Å². The molecule has 0 fully saturated rings. The molecule has 0 spiro atoms. The SMILES string of the molecule is [C-]#[N+]c1ccccc1-c1ccc(-c2cc(-c3ccc(-c4nc(-c5ccccc5)nc(-c5ccccc5)n4)cc3)cc3ccccc23)cc1. The number of hydrogen-bond donors (Lipinski definition) is 0. The molecule has 0 saturated heterocycles. The summed E-state index contributed by atoms with van der Waals surface area (Å²) >= 11 is 0. The lowest BCUT2D eigenvalue weighted by Crippen LogP contribution is -2.00. The first kappa shape index (κ1) is 28.8. The van der Waals surface area contributed by atoms with Crippen molar-refractivity contribution >= 4 is 16.5 Å². The summed E-state index contributed by atoms with van der Waals surface area (Å²) in [6.07, 6.45) is 0. The minimum Gasteiger partial charge on any atom is -0.238 e. The molecule has 8 aromatic rings. The molecule has 48 heavy (non-hydrogen) atoms. The summed E-state index contributed by atoms with van der Waals surface area (Å²) in [6, 6.07) is 57.8. The summed E-state index contributed by atoms with van der Waals surface area (Å²) in [5.74, 6) is 1.92. The number of aromatic nitrogens is 3. The Bertz CT molecular complexity index is 2370. The summed E-state index contributed by atoms with van der Waals surface area (Å²) in [6.45, 7) is 7.57. The normalized spacial score (nSPS) is 10.9. The fraction of sp³-hybridized carbons (Fsp3) is 0. The van der Waals surface area contributed by atoms with Crippen molar-refractivity contribution < 1.29 is 0 Å². The second-order valence-electron chi connectivity index (χ2n) is 11.6. The van der Waals surface area contributed by atoms with Crippen LogP contribution < -0.4 is 0 Å². The van der Waals surface area contributed by atoms with Gasteiger partial charge >= 0.3 is 0 Å². The van der Waals surface area contributed by atoms with Crippen LogP contribution in [0, 0.1) is 6.57 Å². The van der Waals surface area contributed by atoms with E-state index in [1.165, 1.54) is 10.8 Å². The van der Waals surface area contributed by atoms with E-state index in [1.807, 2.05) is 84.9 Å². The predicted octanol–water partition coefficient (Wildman–Crippen LogP) is 11.6. The van der Waals surface area contributed by atoms with E-state index in [9.17, 15) is 0 Å². The van der Waals surface area contributed by atoms with Crippen LogP contribution in [0.3, 0.4) is 0 Å². The van der Waals surface area contributed by atoms with Crippen LogP contribution in [0.1, 0.15) is 0 Å². The lowest BCUT2D eigenvalue weighted by atomic mass is 9.92. The average molecular weight is 613 g/mol. The maximum atomic E-state index is 7.57. The van der Waals surface area contributed by atoms with Crippen molar-refractivity contribution in [2.75, 3.05) is 0 Å². The van der Waals surface area contributed by atoms with E-state index in [0.29, 0.717) is 23.2 Å². The van der Waals surface area contributed by atoms with Crippen molar-refractivity contribution in [1.29, 1.82) is 0 Å². The smallest absolute Gasteiger partial charge is 0.194 e. The highest BCUT2D eigenvalue weighted by Crippen LogP contribution is 2.37. The third-order valence-electron chi connectivity index (χ3n) is 8.57. The van der Waals surface area contributed by atoms with Gasteiger partial charge < -0.3 is 0 Å². The van der Waals surface area contributed by atoms with Gasteiger partial charge in [-0.05, 0) is 56.3 Å². The minimum atomic E-state index is 0.633. The van der Waals surface area contributed by atoms with Crippen LogP contribution in [0.25, 0.3) is 83.2 Å². The molecule has 0 unspecified atom stereocenters. The molecule has 0 aliphatic heterocycles. The zero-order valence-corrected chi connectivity index (χ0v) is 26.0. The summed E-state index contributed by atoms with van der Waals surface area (Å²) in [7, 11) is 0. The number of hydrogen-bond acceptors (Lipinski definition) is 3. The topological polar surface area (TPSA) is 43.0 Å². The van der Waals surface area contributed by atoms with Gasteiger partial charge in [-0.3, -0.25) is 0 Å². The molecule has 8 rings (SSSR count). The van der Waals surface area contributed by atoms with Crippen LogP contribution in [-0.4, -0.2) is 15.0 Å². The van der Waals surface area contributed by atoms with Crippen molar-refractivity contribution in [3.8, 4) is 67.5 Å². The maximum absolute atomic E-state index is 7.57. The van der Waals surface area contributed by atoms with Crippen LogP contribution in [0.2, 0.25) is 0 Å². The Morgan fingerprint density at radius 2 is 0.812 bits per heavy atom. The molecule has 4 heteroatoms. The molecule has 0 amide bonds. The van der Waals surface area contributed by atoms with E-state index in [1.54, 1.807) is 0 Å². The lowest BCUT2D eigenvalue weighted by Gasteiger charge is -2.13. The molecule has 0 N–H and O–H groups in total. The highest BCUT2D eigenvalue weighted by Gasteiger charge is 2.14. The highest BCUT2D eigenvalue weighted by molar-refractivity contribution is 6.00. The van der Waals surface area contributed by atoms with Crippen LogP contribution >= 0.6 is 0 Å². The Morgan fingerprint density at radius 3 is 1.42 bits per heavy atom. The summed E-state index contributed by atoms with van der Waals surface area (Å²) in [5, 5.41) is 2.37. The third kappa shape index (κ3) is 5.62. The Balaban J connectivity index is 1.18. The molecule has 1 aromatic heterocycles. The molecule has 0 aliphatic carbocycles. The summed E-state index contributed by atoms with van der Waals surface area (Å²) < 4.78 is 0. The predicted molar refractivity (Wildman–Crippen MR) is 196 cm³/mol. The van der Waals surface area contributed by atoms with E-state index in [4.69, 9.17) is 21.5 Å². The van der Waals surface area contributed by atoms with Crippen LogP contribution in [0.5, 0.6) is 0 Å². The first-order valence-electron chi connectivity index (χ1n) is 15.8. The quantitative estimate of drug-likeness (QED) is 0.175. The molecule has 0 saturated carbocycles. The first-order valence-corrected chi connectivity index (χ1v) is 15.8.